The molecule has 1 N–H and O–H groups in total. The van der Waals surface area contributed by atoms with Crippen molar-refractivity contribution in [2.45, 2.75) is 38.7 Å². The third kappa shape index (κ3) is 1.55. The van der Waals surface area contributed by atoms with Crippen LogP contribution >= 0.6 is 0 Å². The first kappa shape index (κ1) is 9.66. The summed E-state index contributed by atoms with van der Waals surface area (Å²) in [5.41, 5.74) is 1.78. The van der Waals surface area contributed by atoms with Crippen molar-refractivity contribution in [3.8, 4) is 0 Å². The van der Waals surface area contributed by atoms with Gasteiger partial charge in [-0.3, -0.25) is 4.79 Å². The van der Waals surface area contributed by atoms with Gasteiger partial charge in [0, 0.05) is 17.9 Å². The normalized spacial score (nSPS) is 32.9. The maximum atomic E-state index is 11.6. The average molecular weight is 192 g/mol. The molecular weight excluding hydrogens is 176 g/mol. The molecule has 0 saturated heterocycles. The van der Waals surface area contributed by atoms with E-state index >= 15 is 0 Å². The Bertz CT molecular complexity index is 312. The van der Waals surface area contributed by atoms with Gasteiger partial charge in [0.1, 0.15) is 0 Å². The van der Waals surface area contributed by atoms with Gasteiger partial charge in [0.15, 0.2) is 5.78 Å². The van der Waals surface area contributed by atoms with Crippen LogP contribution < -0.4 is 0 Å². The Balaban J connectivity index is 2.27. The van der Waals surface area contributed by atoms with Crippen LogP contribution in [0.5, 0.6) is 0 Å². The highest BCUT2D eigenvalue weighted by atomic mass is 16.3. The largest absolute Gasteiger partial charge is 0.388 e. The summed E-state index contributed by atoms with van der Waals surface area (Å²) in [4.78, 5) is 11.6. The molecule has 0 saturated carbocycles. The van der Waals surface area contributed by atoms with Gasteiger partial charge in [-0.2, -0.15) is 0 Å². The molecule has 0 aromatic rings. The molecule has 0 spiro atoms. The van der Waals surface area contributed by atoms with E-state index in [1.165, 1.54) is 0 Å². The molecule has 0 fully saturated rings. The second kappa shape index (κ2) is 3.70. The molecular formula is C12H16O2. The van der Waals surface area contributed by atoms with E-state index in [0.29, 0.717) is 6.42 Å². The lowest BCUT2D eigenvalue weighted by Gasteiger charge is -2.17. The molecule has 0 aromatic carbocycles. The van der Waals surface area contributed by atoms with E-state index < -0.39 is 6.10 Å². The predicted molar refractivity (Wildman–Crippen MR) is 54.8 cm³/mol. The molecule has 2 aliphatic rings. The van der Waals surface area contributed by atoms with Crippen LogP contribution in [0.4, 0.5) is 0 Å². The van der Waals surface area contributed by atoms with Crippen LogP contribution in [0.1, 0.15) is 32.6 Å². The summed E-state index contributed by atoms with van der Waals surface area (Å²) in [6, 6.07) is 0. The van der Waals surface area contributed by atoms with Crippen molar-refractivity contribution < 1.29 is 9.90 Å². The van der Waals surface area contributed by atoms with E-state index in [4.69, 9.17) is 0 Å². The van der Waals surface area contributed by atoms with Gasteiger partial charge in [-0.05, 0) is 31.8 Å². The first-order valence-electron chi connectivity index (χ1n) is 5.28. The Labute approximate surface area is 84.3 Å². The second-order valence-electron chi connectivity index (χ2n) is 4.21. The lowest BCUT2D eigenvalue weighted by atomic mass is 9.87. The van der Waals surface area contributed by atoms with Crippen LogP contribution in [0.2, 0.25) is 0 Å². The van der Waals surface area contributed by atoms with Crippen molar-refractivity contribution in [3.05, 3.63) is 23.3 Å². The smallest absolute Gasteiger partial charge is 0.162 e. The number of hydrogen-bond acceptors (Lipinski definition) is 2. The van der Waals surface area contributed by atoms with Crippen molar-refractivity contribution >= 4 is 5.78 Å². The highest BCUT2D eigenvalue weighted by molar-refractivity contribution is 6.00. The minimum absolute atomic E-state index is 0.145. The van der Waals surface area contributed by atoms with Gasteiger partial charge in [0.05, 0.1) is 6.10 Å². The van der Waals surface area contributed by atoms with Gasteiger partial charge in [-0.1, -0.05) is 12.2 Å². The highest BCUT2D eigenvalue weighted by Gasteiger charge is 2.32. The Hall–Kier alpha value is -0.890. The van der Waals surface area contributed by atoms with Crippen molar-refractivity contribution in [1.29, 1.82) is 0 Å². The average Bonchev–Trinajstić information content (AvgIpc) is 2.43. The molecule has 0 heterocycles. The monoisotopic (exact) mass is 192 g/mol. The molecule has 2 rings (SSSR count). The van der Waals surface area contributed by atoms with Crippen LogP contribution in [0.25, 0.3) is 0 Å². The Morgan fingerprint density at radius 2 is 2.29 bits per heavy atom. The maximum absolute atomic E-state index is 11.6. The number of aliphatic hydroxyl groups is 1. The first-order chi connectivity index (χ1) is 6.70. The third-order valence-electron chi connectivity index (χ3n) is 3.23. The fourth-order valence-corrected chi connectivity index (χ4v) is 2.39. The van der Waals surface area contributed by atoms with Crippen LogP contribution in [0.15, 0.2) is 23.3 Å². The number of carbonyl (C=O) groups excluding carboxylic acids is 1. The number of ketones is 1. The number of carbonyl (C=O) groups is 1. The van der Waals surface area contributed by atoms with Gasteiger partial charge in [0.2, 0.25) is 0 Å². The van der Waals surface area contributed by atoms with E-state index in [9.17, 15) is 9.90 Å². The first-order valence-corrected chi connectivity index (χ1v) is 5.28. The number of hydrogen-bond donors (Lipinski definition) is 1. The molecule has 0 bridgehead atoms. The second-order valence-corrected chi connectivity index (χ2v) is 4.21. The topological polar surface area (TPSA) is 37.3 Å². The molecule has 2 unspecified atom stereocenters. The van der Waals surface area contributed by atoms with Gasteiger partial charge in [-0.15, -0.1) is 0 Å². The Morgan fingerprint density at radius 1 is 1.50 bits per heavy atom. The SMILES string of the molecule is CC1=C(C2C=CCCC2)C(=O)CC1O. The Kier molecular flexibility index (Phi) is 2.55. The van der Waals surface area contributed by atoms with Crippen LogP contribution in [0.3, 0.4) is 0 Å². The number of allylic oxidation sites excluding steroid dienone is 3. The van der Waals surface area contributed by atoms with E-state index in [2.05, 4.69) is 12.2 Å². The molecule has 0 radical (unpaired) electrons. The van der Waals surface area contributed by atoms with E-state index in [1.54, 1.807) is 0 Å². The van der Waals surface area contributed by atoms with Crippen LogP contribution in [0, 0.1) is 5.92 Å². The summed E-state index contributed by atoms with van der Waals surface area (Å²) in [5, 5.41) is 9.57. The zero-order valence-corrected chi connectivity index (χ0v) is 8.49. The van der Waals surface area contributed by atoms with Gasteiger partial charge in [-0.25, -0.2) is 0 Å². The fraction of sp³-hybridized carbons (Fsp3) is 0.583. The van der Waals surface area contributed by atoms with Crippen LogP contribution in [-0.4, -0.2) is 17.0 Å². The molecule has 2 nitrogen and oxygen atoms in total. The molecule has 76 valence electrons. The molecule has 0 amide bonds. The third-order valence-corrected chi connectivity index (χ3v) is 3.23. The summed E-state index contributed by atoms with van der Waals surface area (Å²) in [7, 11) is 0. The minimum atomic E-state index is -0.521. The van der Waals surface area contributed by atoms with Crippen molar-refractivity contribution in [2.75, 3.05) is 0 Å². The lowest BCUT2D eigenvalue weighted by Crippen LogP contribution is -2.10. The molecule has 2 heteroatoms. The van der Waals surface area contributed by atoms with E-state index in [1.807, 2.05) is 6.92 Å². The van der Waals surface area contributed by atoms with Gasteiger partial charge >= 0.3 is 0 Å². The number of aliphatic hydroxyl groups excluding tert-OH is 1. The highest BCUT2D eigenvalue weighted by Crippen LogP contribution is 2.33. The van der Waals surface area contributed by atoms with Crippen molar-refractivity contribution in [2.24, 2.45) is 5.92 Å². The van der Waals surface area contributed by atoms with E-state index in [-0.39, 0.29) is 11.7 Å². The van der Waals surface area contributed by atoms with Crippen molar-refractivity contribution in [1.82, 2.24) is 0 Å². The van der Waals surface area contributed by atoms with Crippen LogP contribution in [-0.2, 0) is 4.79 Å². The minimum Gasteiger partial charge on any atom is -0.388 e. The lowest BCUT2D eigenvalue weighted by molar-refractivity contribution is -0.116. The van der Waals surface area contributed by atoms with Crippen molar-refractivity contribution in [3.63, 3.8) is 0 Å². The van der Waals surface area contributed by atoms with E-state index in [0.717, 1.165) is 30.4 Å². The fourth-order valence-electron chi connectivity index (χ4n) is 2.39. The summed E-state index contributed by atoms with van der Waals surface area (Å²) in [6.45, 7) is 1.88. The predicted octanol–water partition coefficient (Wildman–Crippen LogP) is 1.99. The summed E-state index contributed by atoms with van der Waals surface area (Å²) >= 11 is 0. The molecule has 14 heavy (non-hydrogen) atoms. The zero-order valence-electron chi connectivity index (χ0n) is 8.49. The maximum Gasteiger partial charge on any atom is 0.162 e. The van der Waals surface area contributed by atoms with Gasteiger partial charge < -0.3 is 5.11 Å². The molecule has 2 atom stereocenters. The number of rotatable bonds is 1. The molecule has 0 aromatic heterocycles. The quantitative estimate of drug-likeness (QED) is 0.645. The summed E-state index contributed by atoms with van der Waals surface area (Å²) in [5.74, 6) is 0.417. The Morgan fingerprint density at radius 3 is 2.79 bits per heavy atom. The zero-order chi connectivity index (χ0) is 10.1. The van der Waals surface area contributed by atoms with Gasteiger partial charge in [0.25, 0.3) is 0 Å². The molecule has 0 aliphatic heterocycles. The standard InChI is InChI=1S/C12H16O2/c1-8-10(13)7-11(14)12(8)9-5-3-2-4-6-9/h3,5,9-10,13H,2,4,6-7H2,1H3. The summed E-state index contributed by atoms with van der Waals surface area (Å²) in [6.07, 6.45) is 7.38. The number of Topliss-reactive ketones (excluding diaryl/α,β-unsaturated/α-hetero) is 1. The molecule has 2 aliphatic carbocycles. The summed E-state index contributed by atoms with van der Waals surface area (Å²) < 4.78 is 0.